The van der Waals surface area contributed by atoms with Crippen molar-refractivity contribution in [3.63, 3.8) is 0 Å². The first-order valence-corrected chi connectivity index (χ1v) is 6.09. The van der Waals surface area contributed by atoms with Gasteiger partial charge < -0.3 is 0 Å². The van der Waals surface area contributed by atoms with Crippen molar-refractivity contribution in [3.8, 4) is 0 Å². The fourth-order valence-electron chi connectivity index (χ4n) is 1.41. The molecule has 0 atom stereocenters. The number of halogens is 2. The fraction of sp³-hybridized carbons (Fsp3) is 0.222. The maximum Gasteiger partial charge on any atom is 0.0902 e. The minimum Gasteiger partial charge on any atom is -0.275 e. The summed E-state index contributed by atoms with van der Waals surface area (Å²) in [6, 6.07) is 4.25. The van der Waals surface area contributed by atoms with Crippen LogP contribution in [0.4, 0.5) is 0 Å². The number of rotatable bonds is 1. The van der Waals surface area contributed by atoms with Gasteiger partial charge in [0, 0.05) is 11.6 Å². The van der Waals surface area contributed by atoms with Crippen LogP contribution in [0.15, 0.2) is 18.3 Å². The summed E-state index contributed by atoms with van der Waals surface area (Å²) in [5.41, 5.74) is 2.44. The third kappa shape index (κ3) is 1.58. The zero-order valence-electron chi connectivity index (χ0n) is 7.09. The van der Waals surface area contributed by atoms with Crippen LogP contribution in [-0.2, 0) is 6.42 Å². The van der Waals surface area contributed by atoms with Gasteiger partial charge in [0.15, 0.2) is 0 Å². The van der Waals surface area contributed by atoms with E-state index in [0.29, 0.717) is 0 Å². The molecule has 0 aromatic carbocycles. The Labute approximate surface area is 104 Å². The van der Waals surface area contributed by atoms with E-state index in [9.17, 15) is 0 Å². The van der Waals surface area contributed by atoms with Gasteiger partial charge in [0.05, 0.1) is 37.8 Å². The summed E-state index contributed by atoms with van der Waals surface area (Å²) < 4.78 is 3.41. The van der Waals surface area contributed by atoms with Crippen LogP contribution in [0, 0.1) is 3.70 Å². The highest BCUT2D eigenvalue weighted by Crippen LogP contribution is 2.25. The number of hydrogen-bond donors (Lipinski definition) is 0. The highest BCUT2D eigenvalue weighted by atomic mass is 127. The van der Waals surface area contributed by atoms with Crippen LogP contribution < -0.4 is 0 Å². The molecule has 0 aliphatic heterocycles. The van der Waals surface area contributed by atoms with E-state index >= 15 is 0 Å². The molecule has 0 radical (unpaired) electrons. The number of hydrogen-bond acceptors (Lipinski definition) is 1. The van der Waals surface area contributed by atoms with Crippen LogP contribution in [-0.4, -0.2) is 7.76 Å². The number of nitrogens with zero attached hydrogens (tertiary/aromatic N) is 2. The van der Waals surface area contributed by atoms with Gasteiger partial charge >= 0.3 is 0 Å². The first kappa shape index (κ1) is 9.70. The van der Waals surface area contributed by atoms with Gasteiger partial charge in [-0.15, -0.1) is 0 Å². The quantitative estimate of drug-likeness (QED) is 0.674. The van der Waals surface area contributed by atoms with E-state index < -0.39 is 0 Å². The molecule has 13 heavy (non-hydrogen) atoms. The minimum absolute atomic E-state index is 0.987. The van der Waals surface area contributed by atoms with E-state index in [0.717, 1.165) is 6.42 Å². The molecule has 0 N–H and O–H groups in total. The van der Waals surface area contributed by atoms with Crippen LogP contribution >= 0.6 is 45.5 Å². The van der Waals surface area contributed by atoms with Gasteiger partial charge in [-0.05, 0) is 41.1 Å². The van der Waals surface area contributed by atoms with Crippen molar-refractivity contribution in [1.29, 1.82) is 0 Å². The lowest BCUT2D eigenvalue weighted by atomic mass is 10.2. The summed E-state index contributed by atoms with van der Waals surface area (Å²) in [7, 11) is 0. The highest BCUT2D eigenvalue weighted by molar-refractivity contribution is 14.1. The molecule has 4 heteroatoms. The van der Waals surface area contributed by atoms with Crippen LogP contribution in [0.2, 0.25) is 0 Å². The van der Waals surface area contributed by atoms with Gasteiger partial charge in [0.1, 0.15) is 0 Å². The van der Waals surface area contributed by atoms with Crippen molar-refractivity contribution in [2.75, 3.05) is 0 Å². The molecule has 0 aliphatic rings. The van der Waals surface area contributed by atoms with Crippen molar-refractivity contribution in [2.24, 2.45) is 0 Å². The topological polar surface area (TPSA) is 17.8 Å². The van der Waals surface area contributed by atoms with Gasteiger partial charge in [-0.3, -0.25) is 7.76 Å². The summed E-state index contributed by atoms with van der Waals surface area (Å²) in [6.45, 7) is 2.14. The van der Waals surface area contributed by atoms with Gasteiger partial charge in [-0.2, -0.15) is 0 Å². The maximum absolute atomic E-state index is 4.37. The molecule has 0 saturated carbocycles. The number of aromatic nitrogens is 2. The average Bonchev–Trinajstić information content (AvgIpc) is 2.43. The first-order chi connectivity index (χ1) is 6.24. The summed E-state index contributed by atoms with van der Waals surface area (Å²) in [5, 5.41) is 1.28. The summed E-state index contributed by atoms with van der Waals surface area (Å²) in [6.07, 6.45) is 2.87. The van der Waals surface area contributed by atoms with Crippen LogP contribution in [0.25, 0.3) is 10.9 Å². The Bertz CT molecular complexity index is 448. The Morgan fingerprint density at radius 2 is 2.31 bits per heavy atom. The lowest BCUT2D eigenvalue weighted by Crippen LogP contribution is -1.91. The number of fused-ring (bicyclic) bond motifs is 1. The molecule has 0 fully saturated rings. The average molecular weight is 398 g/mol. The largest absolute Gasteiger partial charge is 0.275 e. The van der Waals surface area contributed by atoms with E-state index in [1.807, 2.05) is 6.20 Å². The van der Waals surface area contributed by atoms with Gasteiger partial charge in [-0.1, -0.05) is 6.92 Å². The summed E-state index contributed by atoms with van der Waals surface area (Å²) in [5.74, 6) is 0. The van der Waals surface area contributed by atoms with Crippen LogP contribution in [0.3, 0.4) is 0 Å². The number of aryl methyl sites for hydroxylation is 1. The van der Waals surface area contributed by atoms with Crippen LogP contribution in [0.1, 0.15) is 12.6 Å². The second-order valence-electron chi connectivity index (χ2n) is 2.80. The molecule has 0 bridgehead atoms. The Hall–Kier alpha value is 0.150. The Morgan fingerprint density at radius 1 is 1.54 bits per heavy atom. The fourth-order valence-corrected chi connectivity index (χ4v) is 2.68. The smallest absolute Gasteiger partial charge is 0.0902 e. The molecule has 0 unspecified atom stereocenters. The van der Waals surface area contributed by atoms with Crippen molar-refractivity contribution in [3.05, 3.63) is 27.7 Å². The van der Waals surface area contributed by atoms with Crippen molar-refractivity contribution >= 4 is 56.4 Å². The normalized spacial score (nSPS) is 11.0. The first-order valence-electron chi connectivity index (χ1n) is 4.05. The van der Waals surface area contributed by atoms with Crippen LogP contribution in [0.5, 0.6) is 0 Å². The third-order valence-corrected chi connectivity index (χ3v) is 4.74. The molecule has 0 aliphatic carbocycles. The second-order valence-corrected chi connectivity index (χ2v) is 4.87. The molecule has 2 rings (SSSR count). The van der Waals surface area contributed by atoms with E-state index in [4.69, 9.17) is 0 Å². The Balaban J connectivity index is 2.87. The Morgan fingerprint density at radius 3 is 3.00 bits per heavy atom. The number of pyridine rings is 1. The van der Waals surface area contributed by atoms with Crippen molar-refractivity contribution in [1.82, 2.24) is 7.76 Å². The highest BCUT2D eigenvalue weighted by Gasteiger charge is 2.08. The zero-order valence-corrected chi connectivity index (χ0v) is 11.4. The molecular weight excluding hydrogens is 390 g/mol. The molecule has 0 amide bonds. The molecule has 0 spiro atoms. The third-order valence-electron chi connectivity index (χ3n) is 2.02. The molecule has 2 nitrogen and oxygen atoms in total. The standard InChI is InChI=1S/C9H8I2N2/c1-2-7-9-6(3-4-12-7)5-8(10)13(9)11/h3-5H,2H2,1H3. The predicted molar refractivity (Wildman–Crippen MR) is 71.2 cm³/mol. The lowest BCUT2D eigenvalue weighted by molar-refractivity contribution is 1.05. The summed E-state index contributed by atoms with van der Waals surface area (Å²) >= 11 is 4.65. The monoisotopic (exact) mass is 398 g/mol. The zero-order chi connectivity index (χ0) is 9.42. The van der Waals surface area contributed by atoms with Crippen molar-refractivity contribution < 1.29 is 0 Å². The lowest BCUT2D eigenvalue weighted by Gasteiger charge is -2.00. The van der Waals surface area contributed by atoms with E-state index in [1.54, 1.807) is 0 Å². The predicted octanol–water partition coefficient (Wildman–Crippen LogP) is 3.40. The molecule has 0 saturated heterocycles. The van der Waals surface area contributed by atoms with E-state index in [-0.39, 0.29) is 0 Å². The Kier molecular flexibility index (Phi) is 2.77. The molecule has 2 aromatic rings. The minimum atomic E-state index is 0.987. The SMILES string of the molecule is CCc1nccc2cc(I)n(I)c12. The van der Waals surface area contributed by atoms with Gasteiger partial charge in [0.2, 0.25) is 0 Å². The molecular formula is C9H8I2N2. The van der Waals surface area contributed by atoms with Gasteiger partial charge in [0.25, 0.3) is 0 Å². The summed E-state index contributed by atoms with van der Waals surface area (Å²) in [4.78, 5) is 4.37. The molecule has 2 heterocycles. The van der Waals surface area contributed by atoms with E-state index in [1.165, 1.54) is 20.3 Å². The van der Waals surface area contributed by atoms with E-state index in [2.05, 4.69) is 72.3 Å². The van der Waals surface area contributed by atoms with Gasteiger partial charge in [-0.25, -0.2) is 0 Å². The maximum atomic E-state index is 4.37. The molecule has 68 valence electrons. The second kappa shape index (κ2) is 3.72. The molecule has 2 aromatic heterocycles. The van der Waals surface area contributed by atoms with Crippen molar-refractivity contribution in [2.45, 2.75) is 13.3 Å².